The molecule has 4 aromatic carbocycles. The Kier molecular flexibility index (Phi) is 3.91. The van der Waals surface area contributed by atoms with Crippen molar-refractivity contribution in [1.82, 2.24) is 0 Å². The van der Waals surface area contributed by atoms with Gasteiger partial charge in [-0.1, -0.05) is 72.8 Å². The third-order valence-corrected chi connectivity index (χ3v) is 5.44. The normalized spacial score (nSPS) is 11.2. The summed E-state index contributed by atoms with van der Waals surface area (Å²) in [6.07, 6.45) is 0. The van der Waals surface area contributed by atoms with E-state index >= 15 is 0 Å². The van der Waals surface area contributed by atoms with E-state index < -0.39 is 0 Å². The molecule has 136 valence electrons. The molecule has 0 amide bonds. The third-order valence-electron chi connectivity index (χ3n) is 5.44. The topological polar surface area (TPSA) is 16.4 Å². The minimum absolute atomic E-state index is 0.921. The smallest absolute Gasteiger partial charge is 0.159 e. The van der Waals surface area contributed by atoms with Crippen LogP contribution in [0.2, 0.25) is 0 Å². The third kappa shape index (κ3) is 2.57. The average molecular weight is 363 g/mol. The van der Waals surface area contributed by atoms with Crippen LogP contribution in [0, 0.1) is 6.92 Å². The predicted molar refractivity (Wildman–Crippen MR) is 118 cm³/mol. The summed E-state index contributed by atoms with van der Waals surface area (Å²) in [5, 5.41) is 2.30. The van der Waals surface area contributed by atoms with Gasteiger partial charge in [0.15, 0.2) is 5.58 Å². The second kappa shape index (κ2) is 6.58. The van der Waals surface area contributed by atoms with Crippen molar-refractivity contribution in [1.29, 1.82) is 0 Å². The van der Waals surface area contributed by atoms with Crippen LogP contribution in [-0.2, 0) is 0 Å². The first-order valence-corrected chi connectivity index (χ1v) is 9.53. The van der Waals surface area contributed by atoms with E-state index in [4.69, 9.17) is 4.42 Å². The van der Waals surface area contributed by atoms with E-state index in [1.807, 2.05) is 6.07 Å². The fraction of sp³-hybridized carbons (Fsp3) is 0.0769. The molecular weight excluding hydrogens is 342 g/mol. The lowest BCUT2D eigenvalue weighted by Crippen LogP contribution is -2.09. The largest absolute Gasteiger partial charge is 0.453 e. The lowest BCUT2D eigenvalue weighted by Gasteiger charge is -2.19. The molecule has 0 saturated heterocycles. The summed E-state index contributed by atoms with van der Waals surface area (Å²) in [7, 11) is 2.08. The van der Waals surface area contributed by atoms with Crippen molar-refractivity contribution in [2.75, 3.05) is 11.9 Å². The summed E-state index contributed by atoms with van der Waals surface area (Å²) in [6, 6.07) is 31.6. The van der Waals surface area contributed by atoms with Gasteiger partial charge in [0, 0.05) is 29.1 Å². The first-order valence-electron chi connectivity index (χ1n) is 9.53. The van der Waals surface area contributed by atoms with Gasteiger partial charge in [0.2, 0.25) is 0 Å². The molecule has 0 unspecified atom stereocenters. The van der Waals surface area contributed by atoms with E-state index in [-0.39, 0.29) is 0 Å². The monoisotopic (exact) mass is 363 g/mol. The van der Waals surface area contributed by atoms with Crippen LogP contribution in [0.15, 0.2) is 95.4 Å². The van der Waals surface area contributed by atoms with Crippen LogP contribution in [0.5, 0.6) is 0 Å². The lowest BCUT2D eigenvalue weighted by atomic mass is 9.98. The Balaban J connectivity index is 1.77. The Morgan fingerprint density at radius 1 is 0.607 bits per heavy atom. The molecule has 1 heterocycles. The SMILES string of the molecule is Cc1ccccc1-c1cccc2c1oc1c(N(C)c3ccccc3)cccc12. The fourth-order valence-electron chi connectivity index (χ4n) is 3.95. The molecule has 0 aliphatic carbocycles. The highest BCUT2D eigenvalue weighted by molar-refractivity contribution is 6.13. The van der Waals surface area contributed by atoms with Crippen molar-refractivity contribution in [3.63, 3.8) is 0 Å². The van der Waals surface area contributed by atoms with Gasteiger partial charge in [-0.05, 0) is 36.2 Å². The second-order valence-corrected chi connectivity index (χ2v) is 7.15. The van der Waals surface area contributed by atoms with E-state index in [1.54, 1.807) is 0 Å². The Hall–Kier alpha value is -3.52. The maximum absolute atomic E-state index is 6.53. The number of hydrogen-bond donors (Lipinski definition) is 0. The molecule has 5 rings (SSSR count). The zero-order chi connectivity index (χ0) is 19.1. The summed E-state index contributed by atoms with van der Waals surface area (Å²) in [5.41, 5.74) is 7.66. The highest BCUT2D eigenvalue weighted by Crippen LogP contribution is 2.41. The van der Waals surface area contributed by atoms with Gasteiger partial charge in [0.05, 0.1) is 5.69 Å². The molecule has 0 spiro atoms. The highest BCUT2D eigenvalue weighted by atomic mass is 16.3. The minimum atomic E-state index is 0.921. The molecule has 2 heteroatoms. The maximum Gasteiger partial charge on any atom is 0.159 e. The van der Waals surface area contributed by atoms with Crippen LogP contribution in [0.4, 0.5) is 11.4 Å². The molecular formula is C26H21NO. The molecule has 0 fully saturated rings. The summed E-state index contributed by atoms with van der Waals surface area (Å²) >= 11 is 0. The van der Waals surface area contributed by atoms with Crippen LogP contribution in [0.1, 0.15) is 5.56 Å². The van der Waals surface area contributed by atoms with E-state index in [0.29, 0.717) is 0 Å². The van der Waals surface area contributed by atoms with Crippen molar-refractivity contribution >= 4 is 33.3 Å². The molecule has 0 N–H and O–H groups in total. The Morgan fingerprint density at radius 2 is 1.25 bits per heavy atom. The molecule has 0 atom stereocenters. The van der Waals surface area contributed by atoms with E-state index in [1.165, 1.54) is 11.1 Å². The van der Waals surface area contributed by atoms with Gasteiger partial charge in [-0.3, -0.25) is 0 Å². The summed E-state index contributed by atoms with van der Waals surface area (Å²) < 4.78 is 6.53. The van der Waals surface area contributed by atoms with E-state index in [2.05, 4.69) is 104 Å². The van der Waals surface area contributed by atoms with Crippen LogP contribution in [0.3, 0.4) is 0 Å². The van der Waals surface area contributed by atoms with Gasteiger partial charge in [-0.15, -0.1) is 0 Å². The average Bonchev–Trinajstić information content (AvgIpc) is 3.13. The van der Waals surface area contributed by atoms with Crippen LogP contribution in [0.25, 0.3) is 33.1 Å². The first kappa shape index (κ1) is 16.6. The van der Waals surface area contributed by atoms with Gasteiger partial charge < -0.3 is 9.32 Å². The van der Waals surface area contributed by atoms with Gasteiger partial charge >= 0.3 is 0 Å². The molecule has 0 aliphatic heterocycles. The molecule has 5 aromatic rings. The number of aryl methyl sites for hydroxylation is 1. The van der Waals surface area contributed by atoms with Crippen molar-refractivity contribution in [2.45, 2.75) is 6.92 Å². The molecule has 1 aromatic heterocycles. The van der Waals surface area contributed by atoms with E-state index in [0.717, 1.165) is 38.9 Å². The second-order valence-electron chi connectivity index (χ2n) is 7.15. The number of rotatable bonds is 3. The first-order chi connectivity index (χ1) is 13.7. The van der Waals surface area contributed by atoms with Crippen molar-refractivity contribution < 1.29 is 4.42 Å². The van der Waals surface area contributed by atoms with Crippen LogP contribution in [-0.4, -0.2) is 7.05 Å². The van der Waals surface area contributed by atoms with Gasteiger partial charge in [-0.2, -0.15) is 0 Å². The number of para-hydroxylation sites is 3. The Morgan fingerprint density at radius 3 is 2.04 bits per heavy atom. The number of hydrogen-bond acceptors (Lipinski definition) is 2. The summed E-state index contributed by atoms with van der Waals surface area (Å²) in [6.45, 7) is 2.14. The molecule has 0 radical (unpaired) electrons. The maximum atomic E-state index is 6.53. The van der Waals surface area contributed by atoms with Crippen LogP contribution < -0.4 is 4.90 Å². The number of benzene rings is 4. The summed E-state index contributed by atoms with van der Waals surface area (Å²) in [5.74, 6) is 0. The molecule has 0 aliphatic rings. The van der Waals surface area contributed by atoms with Gasteiger partial charge in [0.25, 0.3) is 0 Å². The molecule has 0 bridgehead atoms. The lowest BCUT2D eigenvalue weighted by molar-refractivity contribution is 0.669. The predicted octanol–water partition coefficient (Wildman–Crippen LogP) is 7.33. The number of nitrogens with zero attached hydrogens (tertiary/aromatic N) is 1. The summed E-state index contributed by atoms with van der Waals surface area (Å²) in [4.78, 5) is 2.18. The standard InChI is InChI=1S/C26H21NO/c1-18-10-6-7-13-20(18)21-14-8-15-22-23-16-9-17-24(26(23)28-25(21)22)27(2)19-11-4-3-5-12-19/h3-17H,1-2H3. The molecule has 0 saturated carbocycles. The van der Waals surface area contributed by atoms with Crippen molar-refractivity contribution in [2.24, 2.45) is 0 Å². The zero-order valence-electron chi connectivity index (χ0n) is 16.0. The highest BCUT2D eigenvalue weighted by Gasteiger charge is 2.17. The quantitative estimate of drug-likeness (QED) is 0.334. The number of anilines is 2. The zero-order valence-corrected chi connectivity index (χ0v) is 16.0. The fourth-order valence-corrected chi connectivity index (χ4v) is 3.95. The number of fused-ring (bicyclic) bond motifs is 3. The molecule has 2 nitrogen and oxygen atoms in total. The van der Waals surface area contributed by atoms with Crippen molar-refractivity contribution in [3.05, 3.63) is 96.6 Å². The van der Waals surface area contributed by atoms with E-state index in [9.17, 15) is 0 Å². The minimum Gasteiger partial charge on any atom is -0.453 e. The van der Waals surface area contributed by atoms with Gasteiger partial charge in [-0.25, -0.2) is 0 Å². The number of furan rings is 1. The van der Waals surface area contributed by atoms with Crippen molar-refractivity contribution in [3.8, 4) is 11.1 Å². The molecule has 28 heavy (non-hydrogen) atoms. The Labute approximate surface area is 164 Å². The van der Waals surface area contributed by atoms with Crippen LogP contribution >= 0.6 is 0 Å². The van der Waals surface area contributed by atoms with Gasteiger partial charge in [0.1, 0.15) is 5.58 Å². The Bertz CT molecular complexity index is 1280.